The van der Waals surface area contributed by atoms with Crippen molar-refractivity contribution in [3.8, 4) is 33.4 Å². The first-order valence-corrected chi connectivity index (χ1v) is 18.9. The van der Waals surface area contributed by atoms with Crippen LogP contribution in [0.15, 0.2) is 188 Å². The van der Waals surface area contributed by atoms with E-state index in [1.807, 2.05) is 22.7 Å². The van der Waals surface area contributed by atoms with Gasteiger partial charge in [0.15, 0.2) is 0 Å². The second-order valence-electron chi connectivity index (χ2n) is 12.9. The predicted molar refractivity (Wildman–Crippen MR) is 223 cm³/mol. The minimum Gasteiger partial charge on any atom is -0.310 e. The highest BCUT2D eigenvalue weighted by atomic mass is 32.1. The molecule has 240 valence electrons. The van der Waals surface area contributed by atoms with Gasteiger partial charge in [0.1, 0.15) is 0 Å². The van der Waals surface area contributed by atoms with Gasteiger partial charge in [-0.1, -0.05) is 140 Å². The molecule has 0 spiro atoms. The van der Waals surface area contributed by atoms with Crippen LogP contribution in [0.5, 0.6) is 0 Å². The maximum Gasteiger partial charge on any atom is 0.0540 e. The topological polar surface area (TPSA) is 3.24 Å². The third-order valence-electron chi connectivity index (χ3n) is 9.91. The average molecular weight is 686 g/mol. The van der Waals surface area contributed by atoms with Gasteiger partial charge in [0.25, 0.3) is 0 Å². The van der Waals surface area contributed by atoms with E-state index in [4.69, 9.17) is 0 Å². The molecule has 10 rings (SSSR count). The van der Waals surface area contributed by atoms with E-state index in [9.17, 15) is 0 Å². The van der Waals surface area contributed by atoms with Crippen LogP contribution in [-0.2, 0) is 0 Å². The second-order valence-corrected chi connectivity index (χ2v) is 15.0. The molecule has 0 fully saturated rings. The average Bonchev–Trinajstić information content (AvgIpc) is 3.78. The molecular weight excluding hydrogens is 655 g/mol. The van der Waals surface area contributed by atoms with Gasteiger partial charge in [0, 0.05) is 57.3 Å². The minimum atomic E-state index is 1.11. The van der Waals surface area contributed by atoms with Gasteiger partial charge in [-0.15, -0.1) is 22.7 Å². The maximum atomic E-state index is 2.42. The summed E-state index contributed by atoms with van der Waals surface area (Å²) < 4.78 is 5.35. The van der Waals surface area contributed by atoms with Crippen molar-refractivity contribution in [1.82, 2.24) is 0 Å². The number of rotatable bonds is 6. The van der Waals surface area contributed by atoms with Crippen LogP contribution in [0, 0.1) is 0 Å². The fourth-order valence-electron chi connectivity index (χ4n) is 7.50. The Bertz CT molecular complexity index is 2750. The molecule has 0 saturated heterocycles. The molecule has 2 heterocycles. The van der Waals surface area contributed by atoms with E-state index in [1.54, 1.807) is 0 Å². The molecule has 2 aromatic heterocycles. The van der Waals surface area contributed by atoms with E-state index < -0.39 is 0 Å². The molecule has 1 nitrogen and oxygen atoms in total. The summed E-state index contributed by atoms with van der Waals surface area (Å²) in [6, 6.07) is 68.4. The van der Waals surface area contributed by atoms with Crippen molar-refractivity contribution < 1.29 is 0 Å². The number of para-hydroxylation sites is 1. The summed E-state index contributed by atoms with van der Waals surface area (Å²) in [5, 5.41) is 5.37. The summed E-state index contributed by atoms with van der Waals surface area (Å²) in [5.41, 5.74) is 10.7. The summed E-state index contributed by atoms with van der Waals surface area (Å²) in [6.07, 6.45) is 0. The molecule has 0 atom stereocenters. The third kappa shape index (κ3) is 5.13. The Hall–Kier alpha value is -6.00. The molecule has 0 saturated carbocycles. The van der Waals surface area contributed by atoms with E-state index in [1.165, 1.54) is 73.7 Å². The largest absolute Gasteiger partial charge is 0.310 e. The molecule has 10 aromatic rings. The van der Waals surface area contributed by atoms with Crippen LogP contribution < -0.4 is 4.90 Å². The lowest BCUT2D eigenvalue weighted by atomic mass is 9.96. The van der Waals surface area contributed by atoms with E-state index in [-0.39, 0.29) is 0 Å². The molecule has 8 aromatic carbocycles. The van der Waals surface area contributed by atoms with Crippen molar-refractivity contribution in [3.05, 3.63) is 188 Å². The Labute approximate surface area is 304 Å². The Morgan fingerprint density at radius 3 is 1.53 bits per heavy atom. The molecular formula is C48H31NS2. The Balaban J connectivity index is 1.19. The lowest BCUT2D eigenvalue weighted by Gasteiger charge is -2.28. The second kappa shape index (κ2) is 12.4. The lowest BCUT2D eigenvalue weighted by molar-refractivity contribution is 1.28. The molecule has 0 N–H and O–H groups in total. The van der Waals surface area contributed by atoms with Gasteiger partial charge < -0.3 is 4.90 Å². The van der Waals surface area contributed by atoms with Gasteiger partial charge in [-0.05, 0) is 76.3 Å². The Morgan fingerprint density at radius 1 is 0.314 bits per heavy atom. The molecule has 51 heavy (non-hydrogen) atoms. The highest BCUT2D eigenvalue weighted by Gasteiger charge is 2.21. The standard InChI is InChI=1S/C48H31NS2/c1-3-12-32(13-4-1)34-22-26-36(27-23-34)49(37-28-24-35(25-29-37)33-14-5-2-6-15-33)42-19-9-7-16-38(42)40-18-11-21-44-46(40)47-45(50-44)31-30-41-39-17-8-10-20-43(39)51-48(41)47/h1-31H. The molecule has 3 heteroatoms. The van der Waals surface area contributed by atoms with Crippen LogP contribution in [-0.4, -0.2) is 0 Å². The van der Waals surface area contributed by atoms with Gasteiger partial charge in [-0.2, -0.15) is 0 Å². The number of anilines is 3. The third-order valence-corrected chi connectivity index (χ3v) is 12.2. The lowest BCUT2D eigenvalue weighted by Crippen LogP contribution is -2.11. The van der Waals surface area contributed by atoms with E-state index in [0.29, 0.717) is 0 Å². The van der Waals surface area contributed by atoms with Gasteiger partial charge >= 0.3 is 0 Å². The summed E-state index contributed by atoms with van der Waals surface area (Å²) in [5.74, 6) is 0. The summed E-state index contributed by atoms with van der Waals surface area (Å²) in [7, 11) is 0. The maximum absolute atomic E-state index is 2.42. The highest BCUT2D eigenvalue weighted by Crippen LogP contribution is 2.49. The smallest absolute Gasteiger partial charge is 0.0540 e. The zero-order chi connectivity index (χ0) is 33.7. The first kappa shape index (κ1) is 29.9. The number of benzene rings is 8. The molecule has 0 aliphatic carbocycles. The van der Waals surface area contributed by atoms with Crippen molar-refractivity contribution in [2.24, 2.45) is 0 Å². The van der Waals surface area contributed by atoms with E-state index in [2.05, 4.69) is 193 Å². The van der Waals surface area contributed by atoms with Crippen LogP contribution >= 0.6 is 22.7 Å². The highest BCUT2D eigenvalue weighted by molar-refractivity contribution is 7.29. The number of hydrogen-bond donors (Lipinski definition) is 0. The number of hydrogen-bond acceptors (Lipinski definition) is 3. The van der Waals surface area contributed by atoms with Crippen LogP contribution in [0.4, 0.5) is 17.1 Å². The fraction of sp³-hybridized carbons (Fsp3) is 0. The summed E-state index contributed by atoms with van der Waals surface area (Å²) in [6.45, 7) is 0. The molecule has 0 aliphatic rings. The van der Waals surface area contributed by atoms with Crippen LogP contribution in [0.3, 0.4) is 0 Å². The zero-order valence-corrected chi connectivity index (χ0v) is 29.3. The fourth-order valence-corrected chi connectivity index (χ4v) is 9.96. The van der Waals surface area contributed by atoms with Crippen LogP contribution in [0.25, 0.3) is 73.7 Å². The molecule has 0 unspecified atom stereocenters. The first-order chi connectivity index (χ1) is 25.3. The van der Waals surface area contributed by atoms with Crippen LogP contribution in [0.1, 0.15) is 0 Å². The van der Waals surface area contributed by atoms with Crippen molar-refractivity contribution >= 4 is 80.1 Å². The molecule has 0 radical (unpaired) electrons. The van der Waals surface area contributed by atoms with Gasteiger partial charge in [-0.3, -0.25) is 0 Å². The van der Waals surface area contributed by atoms with Gasteiger partial charge in [0.05, 0.1) is 5.69 Å². The van der Waals surface area contributed by atoms with Gasteiger partial charge in [0.2, 0.25) is 0 Å². The molecule has 0 amide bonds. The van der Waals surface area contributed by atoms with E-state index in [0.717, 1.165) is 17.1 Å². The van der Waals surface area contributed by atoms with Crippen LogP contribution in [0.2, 0.25) is 0 Å². The minimum absolute atomic E-state index is 1.11. The number of thiophene rings is 2. The van der Waals surface area contributed by atoms with Crippen molar-refractivity contribution in [3.63, 3.8) is 0 Å². The molecule has 0 bridgehead atoms. The van der Waals surface area contributed by atoms with Crippen molar-refractivity contribution in [2.45, 2.75) is 0 Å². The summed E-state index contributed by atoms with van der Waals surface area (Å²) >= 11 is 3.81. The summed E-state index contributed by atoms with van der Waals surface area (Å²) in [4.78, 5) is 2.42. The molecule has 0 aliphatic heterocycles. The van der Waals surface area contributed by atoms with Gasteiger partial charge in [-0.25, -0.2) is 0 Å². The van der Waals surface area contributed by atoms with Crippen molar-refractivity contribution in [2.75, 3.05) is 4.90 Å². The number of nitrogens with zero attached hydrogens (tertiary/aromatic N) is 1. The SMILES string of the molecule is c1ccc(-c2ccc(N(c3ccc(-c4ccccc4)cc3)c3ccccc3-c3cccc4sc5ccc6c7ccccc7sc6c5c34)cc2)cc1. The van der Waals surface area contributed by atoms with Crippen molar-refractivity contribution in [1.29, 1.82) is 0 Å². The Morgan fingerprint density at radius 2 is 0.843 bits per heavy atom. The Kier molecular flexibility index (Phi) is 7.26. The monoisotopic (exact) mass is 685 g/mol. The number of fused-ring (bicyclic) bond motifs is 7. The quantitative estimate of drug-likeness (QED) is 0.168. The van der Waals surface area contributed by atoms with E-state index >= 15 is 0 Å². The normalized spacial score (nSPS) is 11.5. The zero-order valence-electron chi connectivity index (χ0n) is 27.7. The first-order valence-electron chi connectivity index (χ1n) is 17.3. The predicted octanol–water partition coefficient (Wildman–Crippen LogP) is 14.9.